The fourth-order valence-electron chi connectivity index (χ4n) is 3.83. The lowest BCUT2D eigenvalue weighted by molar-refractivity contribution is 0.313. The summed E-state index contributed by atoms with van der Waals surface area (Å²) in [7, 11) is 2.17. The Morgan fingerprint density at radius 3 is 2.40 bits per heavy atom. The third-order valence-corrected chi connectivity index (χ3v) is 5.59. The summed E-state index contributed by atoms with van der Waals surface area (Å²) in [5.74, 6) is 0.594. The first-order chi connectivity index (χ1) is 14.8. The summed E-state index contributed by atoms with van der Waals surface area (Å²) in [6.07, 6.45) is 5.47. The van der Waals surface area contributed by atoms with Crippen LogP contribution >= 0.6 is 0 Å². The number of benzene rings is 2. The molecule has 0 spiro atoms. The molecule has 0 atom stereocenters. The maximum absolute atomic E-state index is 4.81. The van der Waals surface area contributed by atoms with E-state index in [4.69, 9.17) is 4.98 Å². The minimum atomic E-state index is 0.594. The molecule has 0 aliphatic carbocycles. The van der Waals surface area contributed by atoms with Crippen LogP contribution in [0.1, 0.15) is 0 Å². The van der Waals surface area contributed by atoms with E-state index in [0.717, 1.165) is 53.9 Å². The number of nitrogens with one attached hydrogen (secondary N) is 1. The summed E-state index contributed by atoms with van der Waals surface area (Å²) in [4.78, 5) is 18.2. The van der Waals surface area contributed by atoms with E-state index in [1.54, 1.807) is 12.4 Å². The summed E-state index contributed by atoms with van der Waals surface area (Å²) in [5.41, 5.74) is 5.33. The molecule has 6 heteroatoms. The minimum absolute atomic E-state index is 0.594. The van der Waals surface area contributed by atoms with Crippen LogP contribution in [0, 0.1) is 0 Å². The highest BCUT2D eigenvalue weighted by Gasteiger charge is 2.14. The van der Waals surface area contributed by atoms with Gasteiger partial charge in [-0.3, -0.25) is 4.98 Å². The lowest BCUT2D eigenvalue weighted by Gasteiger charge is -2.34. The van der Waals surface area contributed by atoms with Gasteiger partial charge in [0.15, 0.2) is 0 Å². The number of anilines is 3. The van der Waals surface area contributed by atoms with E-state index in [1.165, 1.54) is 5.69 Å². The number of fused-ring (bicyclic) bond motifs is 1. The predicted molar refractivity (Wildman–Crippen MR) is 122 cm³/mol. The summed E-state index contributed by atoms with van der Waals surface area (Å²) < 4.78 is 0. The van der Waals surface area contributed by atoms with Crippen molar-refractivity contribution in [3.63, 3.8) is 0 Å². The second kappa shape index (κ2) is 8.08. The van der Waals surface area contributed by atoms with Gasteiger partial charge in [-0.15, -0.1) is 0 Å². The van der Waals surface area contributed by atoms with E-state index in [0.29, 0.717) is 5.95 Å². The van der Waals surface area contributed by atoms with E-state index < -0.39 is 0 Å². The zero-order chi connectivity index (χ0) is 20.3. The van der Waals surface area contributed by atoms with Crippen LogP contribution in [0.5, 0.6) is 0 Å². The van der Waals surface area contributed by atoms with Crippen molar-refractivity contribution in [3.8, 4) is 11.1 Å². The molecule has 0 radical (unpaired) electrons. The average molecular weight is 396 g/mol. The van der Waals surface area contributed by atoms with Gasteiger partial charge in [-0.05, 0) is 49.0 Å². The van der Waals surface area contributed by atoms with Crippen LogP contribution in [0.2, 0.25) is 0 Å². The maximum Gasteiger partial charge on any atom is 0.227 e. The number of hydrogen-bond donors (Lipinski definition) is 1. The molecule has 3 heterocycles. The number of aromatic nitrogens is 3. The Labute approximate surface area is 176 Å². The molecule has 150 valence electrons. The SMILES string of the molecule is CN1CCN(c2ccc(Nc3ncc4cccc(-c5ccncc5)c4n3)cc2)CC1. The highest BCUT2D eigenvalue weighted by Crippen LogP contribution is 2.28. The Morgan fingerprint density at radius 2 is 1.63 bits per heavy atom. The van der Waals surface area contributed by atoms with Crippen molar-refractivity contribution in [2.45, 2.75) is 0 Å². The summed E-state index contributed by atoms with van der Waals surface area (Å²) >= 11 is 0. The lowest BCUT2D eigenvalue weighted by atomic mass is 10.0. The van der Waals surface area contributed by atoms with Gasteiger partial charge in [0.25, 0.3) is 0 Å². The lowest BCUT2D eigenvalue weighted by Crippen LogP contribution is -2.44. The molecule has 1 aliphatic rings. The number of hydrogen-bond acceptors (Lipinski definition) is 6. The first-order valence-electron chi connectivity index (χ1n) is 10.2. The number of piperazine rings is 1. The maximum atomic E-state index is 4.81. The zero-order valence-corrected chi connectivity index (χ0v) is 17.0. The van der Waals surface area contributed by atoms with Gasteiger partial charge >= 0.3 is 0 Å². The van der Waals surface area contributed by atoms with Crippen molar-refractivity contribution in [3.05, 3.63) is 73.2 Å². The van der Waals surface area contributed by atoms with E-state index in [2.05, 4.69) is 62.5 Å². The van der Waals surface area contributed by atoms with Crippen molar-refractivity contribution >= 4 is 28.2 Å². The monoisotopic (exact) mass is 396 g/mol. The smallest absolute Gasteiger partial charge is 0.227 e. The fourth-order valence-corrected chi connectivity index (χ4v) is 3.83. The van der Waals surface area contributed by atoms with Gasteiger partial charge in [-0.1, -0.05) is 18.2 Å². The molecule has 0 unspecified atom stereocenters. The molecule has 1 N–H and O–H groups in total. The topological polar surface area (TPSA) is 57.2 Å². The molecule has 0 bridgehead atoms. The van der Waals surface area contributed by atoms with Crippen molar-refractivity contribution in [1.82, 2.24) is 19.9 Å². The number of nitrogens with zero attached hydrogens (tertiary/aromatic N) is 5. The minimum Gasteiger partial charge on any atom is -0.369 e. The van der Waals surface area contributed by atoms with Gasteiger partial charge in [-0.25, -0.2) is 9.97 Å². The molecule has 1 fully saturated rings. The molecule has 2 aromatic carbocycles. The fraction of sp³-hybridized carbons (Fsp3) is 0.208. The van der Waals surface area contributed by atoms with E-state index in [-0.39, 0.29) is 0 Å². The van der Waals surface area contributed by atoms with Gasteiger partial charge in [-0.2, -0.15) is 0 Å². The highest BCUT2D eigenvalue weighted by molar-refractivity contribution is 5.93. The van der Waals surface area contributed by atoms with E-state index in [1.807, 2.05) is 30.5 Å². The normalized spacial score (nSPS) is 14.8. The molecule has 0 saturated carbocycles. The van der Waals surface area contributed by atoms with Crippen molar-refractivity contribution in [2.24, 2.45) is 0 Å². The van der Waals surface area contributed by atoms with Crippen molar-refractivity contribution in [1.29, 1.82) is 0 Å². The van der Waals surface area contributed by atoms with E-state index >= 15 is 0 Å². The molecule has 5 rings (SSSR count). The van der Waals surface area contributed by atoms with Crippen molar-refractivity contribution in [2.75, 3.05) is 43.4 Å². The summed E-state index contributed by atoms with van der Waals surface area (Å²) in [5, 5.41) is 4.36. The molecular formula is C24H24N6. The summed E-state index contributed by atoms with van der Waals surface area (Å²) in [6, 6.07) is 18.7. The van der Waals surface area contributed by atoms with Gasteiger partial charge in [0.05, 0.1) is 5.52 Å². The van der Waals surface area contributed by atoms with Crippen molar-refractivity contribution < 1.29 is 0 Å². The molecule has 6 nitrogen and oxygen atoms in total. The van der Waals surface area contributed by atoms with Crippen LogP contribution in [-0.4, -0.2) is 53.1 Å². The van der Waals surface area contributed by atoms with Crippen LogP contribution in [0.3, 0.4) is 0 Å². The van der Waals surface area contributed by atoms with Gasteiger partial charge in [0.1, 0.15) is 0 Å². The van der Waals surface area contributed by atoms with Gasteiger partial charge < -0.3 is 15.1 Å². The Kier molecular flexibility index (Phi) is 4.99. The zero-order valence-electron chi connectivity index (χ0n) is 17.0. The largest absolute Gasteiger partial charge is 0.369 e. The van der Waals surface area contributed by atoms with Gasteiger partial charge in [0, 0.05) is 67.1 Å². The first-order valence-corrected chi connectivity index (χ1v) is 10.2. The van der Waals surface area contributed by atoms with Crippen LogP contribution in [0.25, 0.3) is 22.0 Å². The second-order valence-electron chi connectivity index (χ2n) is 7.64. The third-order valence-electron chi connectivity index (χ3n) is 5.59. The molecule has 4 aromatic rings. The molecule has 0 amide bonds. The molecule has 2 aromatic heterocycles. The molecule has 30 heavy (non-hydrogen) atoms. The Balaban J connectivity index is 1.39. The Morgan fingerprint density at radius 1 is 0.867 bits per heavy atom. The highest BCUT2D eigenvalue weighted by atomic mass is 15.2. The van der Waals surface area contributed by atoms with Crippen LogP contribution in [0.4, 0.5) is 17.3 Å². The Hall–Kier alpha value is -3.51. The molecule has 1 saturated heterocycles. The number of pyridine rings is 1. The van der Waals surface area contributed by atoms with Gasteiger partial charge in [0.2, 0.25) is 5.95 Å². The van der Waals surface area contributed by atoms with Crippen LogP contribution in [0.15, 0.2) is 73.2 Å². The quantitative estimate of drug-likeness (QED) is 0.558. The first kappa shape index (κ1) is 18.5. The predicted octanol–water partition coefficient (Wildman–Crippen LogP) is 4.19. The standard InChI is InChI=1S/C24H24N6/c1-29-13-15-30(16-14-29)21-7-5-20(6-8-21)27-24-26-17-19-3-2-4-22(23(19)28-24)18-9-11-25-12-10-18/h2-12,17H,13-16H2,1H3,(H,26,27,28). The number of rotatable bonds is 4. The third kappa shape index (κ3) is 3.82. The number of likely N-dealkylation sites (N-methyl/N-ethyl adjacent to an activating group) is 1. The average Bonchev–Trinajstić information content (AvgIpc) is 2.80. The second-order valence-corrected chi connectivity index (χ2v) is 7.64. The Bertz CT molecular complexity index is 1140. The number of para-hydroxylation sites is 1. The molecule has 1 aliphatic heterocycles. The summed E-state index contributed by atoms with van der Waals surface area (Å²) in [6.45, 7) is 4.33. The van der Waals surface area contributed by atoms with E-state index in [9.17, 15) is 0 Å². The van der Waals surface area contributed by atoms with Crippen LogP contribution in [-0.2, 0) is 0 Å². The molecular weight excluding hydrogens is 372 g/mol. The van der Waals surface area contributed by atoms with Crippen LogP contribution < -0.4 is 10.2 Å².